The molecule has 1 aliphatic rings. The van der Waals surface area contributed by atoms with Crippen LogP contribution in [0.5, 0.6) is 0 Å². The number of aliphatic hydroxyl groups is 2. The molecule has 0 radical (unpaired) electrons. The zero-order valence-corrected chi connectivity index (χ0v) is 11.4. The summed E-state index contributed by atoms with van der Waals surface area (Å²) in [7, 11) is 0. The molecule has 0 spiro atoms. The van der Waals surface area contributed by atoms with Gasteiger partial charge in [-0.3, -0.25) is 0 Å². The molecule has 1 fully saturated rings. The maximum absolute atomic E-state index is 13.9. The summed E-state index contributed by atoms with van der Waals surface area (Å²) < 4.78 is 27.6. The van der Waals surface area contributed by atoms with E-state index < -0.39 is 28.9 Å². The summed E-state index contributed by atoms with van der Waals surface area (Å²) >= 11 is 2.96. The van der Waals surface area contributed by atoms with Gasteiger partial charge in [-0.2, -0.15) is 0 Å². The molecule has 0 bridgehead atoms. The van der Waals surface area contributed by atoms with E-state index in [1.54, 1.807) is 0 Å². The van der Waals surface area contributed by atoms with E-state index in [9.17, 15) is 19.0 Å². The maximum Gasteiger partial charge on any atom is 0.146 e. The van der Waals surface area contributed by atoms with Crippen LogP contribution in [0.1, 0.15) is 43.8 Å². The lowest BCUT2D eigenvalue weighted by atomic mass is 9.78. The van der Waals surface area contributed by atoms with Crippen molar-refractivity contribution in [1.82, 2.24) is 0 Å². The number of halogens is 3. The van der Waals surface area contributed by atoms with E-state index in [4.69, 9.17) is 0 Å². The third-order valence-electron chi connectivity index (χ3n) is 3.58. The first-order valence-corrected chi connectivity index (χ1v) is 6.79. The van der Waals surface area contributed by atoms with Crippen molar-refractivity contribution >= 4 is 15.9 Å². The summed E-state index contributed by atoms with van der Waals surface area (Å²) in [6.07, 6.45) is 1.67. The molecule has 1 aromatic carbocycles. The van der Waals surface area contributed by atoms with E-state index in [-0.39, 0.29) is 4.47 Å². The molecule has 0 heterocycles. The Bertz CT molecular complexity index is 445. The average molecular weight is 321 g/mol. The van der Waals surface area contributed by atoms with Crippen LogP contribution < -0.4 is 0 Å². The first kappa shape index (κ1) is 13.9. The summed E-state index contributed by atoms with van der Waals surface area (Å²) in [4.78, 5) is 0. The average Bonchev–Trinajstić information content (AvgIpc) is 2.35. The Morgan fingerprint density at radius 1 is 1.17 bits per heavy atom. The molecule has 1 unspecified atom stereocenters. The van der Waals surface area contributed by atoms with Gasteiger partial charge in [-0.1, -0.05) is 19.3 Å². The normalized spacial score (nSPS) is 20.7. The van der Waals surface area contributed by atoms with Crippen LogP contribution in [0, 0.1) is 11.6 Å². The molecule has 1 aromatic rings. The molecule has 1 saturated carbocycles. The van der Waals surface area contributed by atoms with Gasteiger partial charge in [-0.25, -0.2) is 8.78 Å². The van der Waals surface area contributed by atoms with Crippen molar-refractivity contribution in [2.24, 2.45) is 0 Å². The van der Waals surface area contributed by atoms with Gasteiger partial charge in [0.2, 0.25) is 0 Å². The van der Waals surface area contributed by atoms with Crippen molar-refractivity contribution < 1.29 is 19.0 Å². The third-order valence-corrected chi connectivity index (χ3v) is 4.19. The number of hydrogen-bond acceptors (Lipinski definition) is 2. The lowest BCUT2D eigenvalue weighted by molar-refractivity contribution is -0.102. The van der Waals surface area contributed by atoms with Gasteiger partial charge in [0.15, 0.2) is 0 Å². The summed E-state index contributed by atoms with van der Waals surface area (Å²) in [5, 5.41) is 20.5. The van der Waals surface area contributed by atoms with E-state index in [0.29, 0.717) is 12.8 Å². The fourth-order valence-electron chi connectivity index (χ4n) is 2.50. The molecule has 0 aromatic heterocycles. The van der Waals surface area contributed by atoms with Crippen molar-refractivity contribution in [2.75, 3.05) is 0 Å². The molecule has 5 heteroatoms. The Labute approximate surface area is 113 Å². The second kappa shape index (κ2) is 5.23. The van der Waals surface area contributed by atoms with Crippen LogP contribution in [0.25, 0.3) is 0 Å². The van der Waals surface area contributed by atoms with Crippen LogP contribution in [-0.4, -0.2) is 15.8 Å². The van der Waals surface area contributed by atoms with Crippen molar-refractivity contribution in [1.29, 1.82) is 0 Å². The lowest BCUT2D eigenvalue weighted by Crippen LogP contribution is -2.39. The monoisotopic (exact) mass is 320 g/mol. The topological polar surface area (TPSA) is 40.5 Å². The Balaban J connectivity index is 2.39. The third kappa shape index (κ3) is 2.44. The number of hydrogen-bond donors (Lipinski definition) is 2. The minimum absolute atomic E-state index is 0.0809. The van der Waals surface area contributed by atoms with Crippen LogP contribution in [-0.2, 0) is 0 Å². The Hall–Kier alpha value is -0.520. The van der Waals surface area contributed by atoms with Crippen molar-refractivity contribution in [2.45, 2.75) is 43.8 Å². The zero-order chi connectivity index (χ0) is 13.3. The first-order valence-electron chi connectivity index (χ1n) is 5.99. The number of rotatable bonds is 2. The predicted octanol–water partition coefficient (Wildman–Crippen LogP) is 3.46. The molecule has 0 amide bonds. The molecule has 0 saturated heterocycles. The standard InChI is InChI=1S/C13H15BrF2O2/c14-8-4-5-9(15)10(11(8)16)12(17)13(18)6-2-1-3-7-13/h4-5,12,17-18H,1-3,6-7H2. The zero-order valence-electron chi connectivity index (χ0n) is 9.80. The Morgan fingerprint density at radius 3 is 2.39 bits per heavy atom. The van der Waals surface area contributed by atoms with E-state index >= 15 is 0 Å². The molecule has 1 atom stereocenters. The van der Waals surface area contributed by atoms with Crippen LogP contribution in [0.4, 0.5) is 8.78 Å². The van der Waals surface area contributed by atoms with Gasteiger partial charge in [0.1, 0.15) is 17.7 Å². The molecule has 0 aliphatic heterocycles. The van der Waals surface area contributed by atoms with E-state index in [1.165, 1.54) is 6.07 Å². The fraction of sp³-hybridized carbons (Fsp3) is 0.538. The van der Waals surface area contributed by atoms with Gasteiger partial charge in [-0.05, 0) is 40.9 Å². The summed E-state index contributed by atoms with van der Waals surface area (Å²) in [5.74, 6) is -1.68. The Kier molecular flexibility index (Phi) is 4.04. The van der Waals surface area contributed by atoms with Gasteiger partial charge < -0.3 is 10.2 Å². The summed E-state index contributed by atoms with van der Waals surface area (Å²) in [5.41, 5.74) is -1.88. The van der Waals surface area contributed by atoms with Gasteiger partial charge >= 0.3 is 0 Å². The van der Waals surface area contributed by atoms with Crippen molar-refractivity contribution in [3.8, 4) is 0 Å². The first-order chi connectivity index (χ1) is 8.46. The van der Waals surface area contributed by atoms with Crippen LogP contribution in [0.15, 0.2) is 16.6 Å². The summed E-state index contributed by atoms with van der Waals surface area (Å²) in [6, 6.07) is 2.32. The number of benzene rings is 1. The summed E-state index contributed by atoms with van der Waals surface area (Å²) in [6.45, 7) is 0. The molecular formula is C13H15BrF2O2. The van der Waals surface area contributed by atoms with Crippen LogP contribution >= 0.6 is 15.9 Å². The SMILES string of the molecule is OC(c1c(F)ccc(Br)c1F)C1(O)CCCCC1. The predicted molar refractivity (Wildman–Crippen MR) is 67.1 cm³/mol. The second-order valence-corrected chi connectivity index (χ2v) is 5.68. The van der Waals surface area contributed by atoms with Crippen LogP contribution in [0.3, 0.4) is 0 Å². The van der Waals surface area contributed by atoms with Crippen molar-refractivity contribution in [3.63, 3.8) is 0 Å². The van der Waals surface area contributed by atoms with Gasteiger partial charge in [-0.15, -0.1) is 0 Å². The highest BCUT2D eigenvalue weighted by Gasteiger charge is 2.40. The van der Waals surface area contributed by atoms with Crippen LogP contribution in [0.2, 0.25) is 0 Å². The molecule has 2 nitrogen and oxygen atoms in total. The molecule has 18 heavy (non-hydrogen) atoms. The molecule has 1 aliphatic carbocycles. The minimum atomic E-state index is -1.53. The number of aliphatic hydroxyl groups excluding tert-OH is 1. The van der Waals surface area contributed by atoms with E-state index in [0.717, 1.165) is 25.3 Å². The molecule has 2 N–H and O–H groups in total. The quantitative estimate of drug-likeness (QED) is 0.819. The molecule has 100 valence electrons. The molecule has 2 rings (SSSR count). The maximum atomic E-state index is 13.9. The van der Waals surface area contributed by atoms with Gasteiger partial charge in [0.25, 0.3) is 0 Å². The van der Waals surface area contributed by atoms with E-state index in [1.807, 2.05) is 0 Å². The van der Waals surface area contributed by atoms with Gasteiger partial charge in [0, 0.05) is 0 Å². The minimum Gasteiger partial charge on any atom is -0.387 e. The highest BCUT2D eigenvalue weighted by Crippen LogP contribution is 2.40. The Morgan fingerprint density at radius 2 is 1.78 bits per heavy atom. The van der Waals surface area contributed by atoms with Gasteiger partial charge in [0.05, 0.1) is 15.6 Å². The highest BCUT2D eigenvalue weighted by molar-refractivity contribution is 9.10. The van der Waals surface area contributed by atoms with E-state index in [2.05, 4.69) is 15.9 Å². The lowest BCUT2D eigenvalue weighted by Gasteiger charge is -2.36. The highest BCUT2D eigenvalue weighted by atomic mass is 79.9. The smallest absolute Gasteiger partial charge is 0.146 e. The largest absolute Gasteiger partial charge is 0.387 e. The second-order valence-electron chi connectivity index (χ2n) is 4.82. The fourth-order valence-corrected chi connectivity index (χ4v) is 2.85. The van der Waals surface area contributed by atoms with Crippen molar-refractivity contribution in [3.05, 3.63) is 33.8 Å². The molecular weight excluding hydrogens is 306 g/mol.